The first-order chi connectivity index (χ1) is 11.6. The highest BCUT2D eigenvalue weighted by atomic mass is 35.5. The van der Waals surface area contributed by atoms with Crippen molar-refractivity contribution in [1.29, 1.82) is 0 Å². The summed E-state index contributed by atoms with van der Waals surface area (Å²) in [7, 11) is 0. The number of tetrazole rings is 1. The molecular formula is C16H13Cl2N5O. The van der Waals surface area contributed by atoms with Gasteiger partial charge in [0.05, 0.1) is 5.69 Å². The Morgan fingerprint density at radius 2 is 1.96 bits per heavy atom. The maximum absolute atomic E-state index is 12.3. The summed E-state index contributed by atoms with van der Waals surface area (Å²) < 4.78 is 0. The van der Waals surface area contributed by atoms with Gasteiger partial charge in [0.25, 0.3) is 0 Å². The van der Waals surface area contributed by atoms with E-state index in [0.717, 1.165) is 5.56 Å². The average molecular weight is 362 g/mol. The number of halogens is 2. The highest BCUT2D eigenvalue weighted by molar-refractivity contribution is 6.31. The molecular weight excluding hydrogens is 349 g/mol. The second-order valence-corrected chi connectivity index (χ2v) is 5.99. The molecule has 1 aromatic heterocycles. The summed E-state index contributed by atoms with van der Waals surface area (Å²) >= 11 is 12.0. The van der Waals surface area contributed by atoms with Crippen LogP contribution in [0.25, 0.3) is 11.4 Å². The molecule has 2 aromatic carbocycles. The number of benzene rings is 2. The Balaban J connectivity index is 1.71. The smallest absolute Gasteiger partial charge is 0.224 e. The zero-order valence-corrected chi connectivity index (χ0v) is 14.0. The lowest BCUT2D eigenvalue weighted by Crippen LogP contribution is -2.13. The van der Waals surface area contributed by atoms with E-state index in [2.05, 4.69) is 25.9 Å². The van der Waals surface area contributed by atoms with E-state index in [4.69, 9.17) is 23.2 Å². The van der Waals surface area contributed by atoms with Gasteiger partial charge in [-0.15, -0.1) is 5.10 Å². The average Bonchev–Trinajstić information content (AvgIpc) is 3.07. The van der Waals surface area contributed by atoms with Crippen molar-refractivity contribution >= 4 is 34.8 Å². The predicted octanol–water partition coefficient (Wildman–Crippen LogP) is 3.74. The molecule has 0 aliphatic rings. The van der Waals surface area contributed by atoms with Crippen molar-refractivity contribution in [2.24, 2.45) is 0 Å². The molecule has 0 radical (unpaired) electrons. The molecule has 1 heterocycles. The summed E-state index contributed by atoms with van der Waals surface area (Å²) in [4.78, 5) is 12.3. The van der Waals surface area contributed by atoms with Gasteiger partial charge in [-0.2, -0.15) is 0 Å². The van der Waals surface area contributed by atoms with Gasteiger partial charge in [0.15, 0.2) is 5.82 Å². The van der Waals surface area contributed by atoms with Gasteiger partial charge in [-0.3, -0.25) is 4.79 Å². The third-order valence-corrected chi connectivity index (χ3v) is 3.86. The molecule has 6 nitrogen and oxygen atoms in total. The van der Waals surface area contributed by atoms with E-state index < -0.39 is 0 Å². The van der Waals surface area contributed by atoms with Crippen LogP contribution in [0.5, 0.6) is 0 Å². The van der Waals surface area contributed by atoms with Gasteiger partial charge in [0, 0.05) is 22.0 Å². The van der Waals surface area contributed by atoms with Crippen LogP contribution < -0.4 is 5.32 Å². The van der Waals surface area contributed by atoms with Crippen molar-refractivity contribution in [3.05, 3.63) is 58.1 Å². The number of hydrogen-bond acceptors (Lipinski definition) is 4. The van der Waals surface area contributed by atoms with E-state index in [-0.39, 0.29) is 5.91 Å². The molecule has 2 N–H and O–H groups in total. The third kappa shape index (κ3) is 4.10. The Morgan fingerprint density at radius 3 is 2.71 bits per heavy atom. The van der Waals surface area contributed by atoms with Gasteiger partial charge in [0.1, 0.15) is 0 Å². The first kappa shape index (κ1) is 16.4. The zero-order chi connectivity index (χ0) is 16.9. The molecule has 0 unspecified atom stereocenters. The molecule has 0 aliphatic heterocycles. The minimum atomic E-state index is -0.133. The summed E-state index contributed by atoms with van der Waals surface area (Å²) in [6, 6.07) is 12.6. The van der Waals surface area contributed by atoms with Crippen molar-refractivity contribution in [3.8, 4) is 11.4 Å². The first-order valence-corrected chi connectivity index (χ1v) is 7.95. The number of aromatic amines is 1. The van der Waals surface area contributed by atoms with E-state index in [0.29, 0.717) is 40.0 Å². The summed E-state index contributed by atoms with van der Waals surface area (Å²) in [6.45, 7) is 0. The summed E-state index contributed by atoms with van der Waals surface area (Å²) in [6.07, 6.45) is 0.910. The monoisotopic (exact) mass is 361 g/mol. The molecule has 8 heteroatoms. The van der Waals surface area contributed by atoms with E-state index in [1.807, 2.05) is 18.2 Å². The molecule has 0 bridgehead atoms. The van der Waals surface area contributed by atoms with Crippen molar-refractivity contribution in [2.75, 3.05) is 5.32 Å². The lowest BCUT2D eigenvalue weighted by Gasteiger charge is -2.10. The van der Waals surface area contributed by atoms with Crippen molar-refractivity contribution < 1.29 is 4.79 Å². The van der Waals surface area contributed by atoms with Crippen LogP contribution in [0.4, 0.5) is 5.69 Å². The van der Waals surface area contributed by atoms with Crippen LogP contribution in [-0.4, -0.2) is 26.5 Å². The number of amides is 1. The summed E-state index contributed by atoms with van der Waals surface area (Å²) in [5.41, 5.74) is 2.22. The predicted molar refractivity (Wildman–Crippen MR) is 93.0 cm³/mol. The summed E-state index contributed by atoms with van der Waals surface area (Å²) in [5, 5.41) is 17.6. The fraction of sp³-hybridized carbons (Fsp3) is 0.125. The highest BCUT2D eigenvalue weighted by Crippen LogP contribution is 2.28. The molecule has 1 amide bonds. The minimum Gasteiger partial charge on any atom is -0.325 e. The standard InChI is InChI=1S/C16H13Cl2N5O/c17-11-3-1-2-10(8-11)4-7-15(24)19-14-9-12(18)5-6-13(14)16-20-22-23-21-16/h1-3,5-6,8-9H,4,7H2,(H,19,24)(H,20,21,22,23). The van der Waals surface area contributed by atoms with Gasteiger partial charge in [-0.1, -0.05) is 35.3 Å². The molecule has 0 fully saturated rings. The number of hydrogen-bond donors (Lipinski definition) is 2. The second-order valence-electron chi connectivity index (χ2n) is 5.12. The molecule has 3 aromatic rings. The molecule has 24 heavy (non-hydrogen) atoms. The minimum absolute atomic E-state index is 0.133. The molecule has 122 valence electrons. The number of aromatic nitrogens is 4. The van der Waals surface area contributed by atoms with Gasteiger partial charge < -0.3 is 5.32 Å². The molecule has 0 atom stereocenters. The molecule has 0 saturated carbocycles. The van der Waals surface area contributed by atoms with E-state index >= 15 is 0 Å². The number of aryl methyl sites for hydroxylation is 1. The van der Waals surface area contributed by atoms with E-state index in [1.54, 1.807) is 24.3 Å². The van der Waals surface area contributed by atoms with E-state index in [9.17, 15) is 4.79 Å². The van der Waals surface area contributed by atoms with Crippen molar-refractivity contribution in [1.82, 2.24) is 20.6 Å². The lowest BCUT2D eigenvalue weighted by atomic mass is 10.1. The fourth-order valence-electron chi connectivity index (χ4n) is 2.26. The maximum Gasteiger partial charge on any atom is 0.224 e. The van der Waals surface area contributed by atoms with Crippen LogP contribution >= 0.6 is 23.2 Å². The van der Waals surface area contributed by atoms with Crippen LogP contribution in [0.15, 0.2) is 42.5 Å². The third-order valence-electron chi connectivity index (χ3n) is 3.39. The Kier molecular flexibility index (Phi) is 5.08. The maximum atomic E-state index is 12.3. The zero-order valence-electron chi connectivity index (χ0n) is 12.5. The SMILES string of the molecule is O=C(CCc1cccc(Cl)c1)Nc1cc(Cl)ccc1-c1nnn[nH]1. The van der Waals surface area contributed by atoms with Gasteiger partial charge in [-0.05, 0) is 52.7 Å². The first-order valence-electron chi connectivity index (χ1n) is 7.20. The Hall–Kier alpha value is -2.44. The highest BCUT2D eigenvalue weighted by Gasteiger charge is 2.12. The number of H-pyrrole nitrogens is 1. The Labute approximate surface area is 148 Å². The summed E-state index contributed by atoms with van der Waals surface area (Å²) in [5.74, 6) is 0.322. The Morgan fingerprint density at radius 1 is 1.12 bits per heavy atom. The number of carbonyl (C=O) groups excluding carboxylic acids is 1. The molecule has 3 rings (SSSR count). The number of nitrogens with zero attached hydrogens (tertiary/aromatic N) is 3. The second kappa shape index (κ2) is 7.42. The molecule has 0 aliphatic carbocycles. The van der Waals surface area contributed by atoms with Crippen LogP contribution in [-0.2, 0) is 11.2 Å². The van der Waals surface area contributed by atoms with Crippen LogP contribution in [0.1, 0.15) is 12.0 Å². The number of rotatable bonds is 5. The number of nitrogens with one attached hydrogen (secondary N) is 2. The van der Waals surface area contributed by atoms with Gasteiger partial charge >= 0.3 is 0 Å². The molecule has 0 saturated heterocycles. The van der Waals surface area contributed by atoms with Crippen molar-refractivity contribution in [3.63, 3.8) is 0 Å². The lowest BCUT2D eigenvalue weighted by molar-refractivity contribution is -0.116. The van der Waals surface area contributed by atoms with E-state index in [1.165, 1.54) is 0 Å². The Bertz CT molecular complexity index is 851. The number of carbonyl (C=O) groups is 1. The fourth-order valence-corrected chi connectivity index (χ4v) is 2.65. The topological polar surface area (TPSA) is 83.6 Å². The molecule has 0 spiro atoms. The van der Waals surface area contributed by atoms with Gasteiger partial charge in [0.2, 0.25) is 5.91 Å². The number of anilines is 1. The van der Waals surface area contributed by atoms with Crippen LogP contribution in [0.2, 0.25) is 10.0 Å². The quantitative estimate of drug-likeness (QED) is 0.724. The van der Waals surface area contributed by atoms with Crippen molar-refractivity contribution in [2.45, 2.75) is 12.8 Å². The largest absolute Gasteiger partial charge is 0.325 e. The van der Waals surface area contributed by atoms with Crippen LogP contribution in [0, 0.1) is 0 Å². The van der Waals surface area contributed by atoms with Crippen LogP contribution in [0.3, 0.4) is 0 Å². The van der Waals surface area contributed by atoms with Gasteiger partial charge in [-0.25, -0.2) is 5.10 Å². The normalized spacial score (nSPS) is 10.6.